The predicted octanol–water partition coefficient (Wildman–Crippen LogP) is 5.48. The third-order valence-corrected chi connectivity index (χ3v) is 6.65. The van der Waals surface area contributed by atoms with Crippen molar-refractivity contribution in [3.05, 3.63) is 74.0 Å². The van der Waals surface area contributed by atoms with E-state index in [0.717, 1.165) is 28.7 Å². The van der Waals surface area contributed by atoms with Crippen LogP contribution in [-0.2, 0) is 4.74 Å². The quantitative estimate of drug-likeness (QED) is 0.287. The van der Waals surface area contributed by atoms with E-state index in [4.69, 9.17) is 16.3 Å². The molecule has 0 saturated heterocycles. The number of thiazole rings is 1. The minimum atomic E-state index is -0.736. The number of pyridine rings is 1. The number of nitro groups is 1. The van der Waals surface area contributed by atoms with Crippen molar-refractivity contribution >= 4 is 46.5 Å². The molecule has 1 atom stereocenters. The SMILES string of the molecule is Cc1cncc(Cl)c1Sc1sc(C(C)OC(=O)c2ccccc2)nc1[N+](=O)[O-]. The van der Waals surface area contributed by atoms with Crippen LogP contribution in [0.1, 0.15) is 34.0 Å². The molecule has 0 N–H and O–H groups in total. The van der Waals surface area contributed by atoms with Gasteiger partial charge >= 0.3 is 11.8 Å². The van der Waals surface area contributed by atoms with Crippen LogP contribution in [0.25, 0.3) is 0 Å². The van der Waals surface area contributed by atoms with Crippen molar-refractivity contribution in [2.24, 2.45) is 0 Å². The van der Waals surface area contributed by atoms with Crippen molar-refractivity contribution in [2.75, 3.05) is 0 Å². The second-order valence-corrected chi connectivity index (χ2v) is 8.42. The number of ether oxygens (including phenoxy) is 1. The maximum Gasteiger partial charge on any atom is 0.389 e. The minimum Gasteiger partial charge on any atom is -0.449 e. The van der Waals surface area contributed by atoms with Crippen LogP contribution in [-0.4, -0.2) is 20.9 Å². The first-order valence-corrected chi connectivity index (χ1v) is 10.1. The van der Waals surface area contributed by atoms with Crippen LogP contribution in [0.3, 0.4) is 0 Å². The van der Waals surface area contributed by atoms with Gasteiger partial charge in [-0.05, 0) is 41.5 Å². The van der Waals surface area contributed by atoms with Gasteiger partial charge in [0.25, 0.3) is 0 Å². The Balaban J connectivity index is 1.86. The van der Waals surface area contributed by atoms with Crippen molar-refractivity contribution in [3.63, 3.8) is 0 Å². The minimum absolute atomic E-state index is 0.292. The summed E-state index contributed by atoms with van der Waals surface area (Å²) in [5, 5.41) is 12.2. The van der Waals surface area contributed by atoms with Crippen LogP contribution in [0.5, 0.6) is 0 Å². The van der Waals surface area contributed by atoms with E-state index >= 15 is 0 Å². The molecule has 0 amide bonds. The summed E-state index contributed by atoms with van der Waals surface area (Å²) in [5.74, 6) is -0.812. The molecular weight excluding hydrogens is 422 g/mol. The zero-order chi connectivity index (χ0) is 20.3. The molecule has 0 aliphatic carbocycles. The summed E-state index contributed by atoms with van der Waals surface area (Å²) >= 11 is 8.43. The number of benzene rings is 1. The Morgan fingerprint density at radius 3 is 2.68 bits per heavy atom. The number of hydrogen-bond acceptors (Lipinski definition) is 8. The largest absolute Gasteiger partial charge is 0.449 e. The number of carbonyl (C=O) groups is 1. The molecule has 0 fully saturated rings. The van der Waals surface area contributed by atoms with Gasteiger partial charge in [0.2, 0.25) is 5.01 Å². The van der Waals surface area contributed by atoms with E-state index in [9.17, 15) is 14.9 Å². The monoisotopic (exact) mass is 435 g/mol. The average Bonchev–Trinajstić information content (AvgIpc) is 3.10. The lowest BCUT2D eigenvalue weighted by Crippen LogP contribution is -2.09. The first-order valence-electron chi connectivity index (χ1n) is 8.06. The van der Waals surface area contributed by atoms with Crippen molar-refractivity contribution in [1.29, 1.82) is 0 Å². The van der Waals surface area contributed by atoms with Gasteiger partial charge in [0, 0.05) is 17.3 Å². The molecule has 10 heteroatoms. The second-order valence-electron chi connectivity index (χ2n) is 5.70. The summed E-state index contributed by atoms with van der Waals surface area (Å²) in [6.45, 7) is 3.45. The standard InChI is InChI=1S/C18H14ClN3O4S2/c1-10-8-20-9-13(19)14(10)27-18-15(22(24)25)21-16(28-18)11(2)26-17(23)12-6-4-3-5-7-12/h3-9,11H,1-2H3. The molecule has 144 valence electrons. The van der Waals surface area contributed by atoms with Crippen molar-refractivity contribution in [1.82, 2.24) is 9.97 Å². The summed E-state index contributed by atoms with van der Waals surface area (Å²) in [6.07, 6.45) is 2.38. The van der Waals surface area contributed by atoms with Crippen LogP contribution >= 0.6 is 34.7 Å². The number of halogens is 1. The highest BCUT2D eigenvalue weighted by Crippen LogP contribution is 2.44. The van der Waals surface area contributed by atoms with Crippen molar-refractivity contribution in [3.8, 4) is 0 Å². The molecule has 0 spiro atoms. The normalized spacial score (nSPS) is 11.8. The summed E-state index contributed by atoms with van der Waals surface area (Å²) in [5.41, 5.74) is 1.19. The Bertz CT molecular complexity index is 1010. The number of esters is 1. The summed E-state index contributed by atoms with van der Waals surface area (Å²) in [4.78, 5) is 31.8. The molecule has 1 unspecified atom stereocenters. The Labute approximate surface area is 173 Å². The molecule has 0 aliphatic rings. The van der Waals surface area contributed by atoms with Crippen molar-refractivity contribution < 1.29 is 14.5 Å². The topological polar surface area (TPSA) is 95.2 Å². The summed E-state index contributed by atoms with van der Waals surface area (Å²) < 4.78 is 5.77. The fourth-order valence-corrected chi connectivity index (χ4v) is 4.77. The molecule has 0 radical (unpaired) electrons. The maximum atomic E-state index is 12.2. The van der Waals surface area contributed by atoms with Gasteiger partial charge < -0.3 is 14.9 Å². The molecule has 2 aromatic heterocycles. The van der Waals surface area contributed by atoms with Crippen LogP contribution in [0.15, 0.2) is 51.8 Å². The first-order chi connectivity index (χ1) is 13.4. The molecule has 2 heterocycles. The van der Waals surface area contributed by atoms with Crippen LogP contribution in [0.4, 0.5) is 5.82 Å². The third kappa shape index (κ3) is 4.49. The number of nitrogens with zero attached hydrogens (tertiary/aromatic N) is 3. The molecular formula is C18H14ClN3O4S2. The molecule has 0 bridgehead atoms. The van der Waals surface area contributed by atoms with E-state index in [1.807, 2.05) is 6.92 Å². The van der Waals surface area contributed by atoms with Gasteiger partial charge in [-0.2, -0.15) is 0 Å². The highest BCUT2D eigenvalue weighted by atomic mass is 35.5. The summed E-state index contributed by atoms with van der Waals surface area (Å²) in [7, 11) is 0. The Morgan fingerprint density at radius 1 is 1.32 bits per heavy atom. The second kappa shape index (κ2) is 8.68. The number of carbonyl (C=O) groups excluding carboxylic acids is 1. The lowest BCUT2D eigenvalue weighted by Gasteiger charge is -2.08. The van der Waals surface area contributed by atoms with E-state index < -0.39 is 17.0 Å². The van der Waals surface area contributed by atoms with Gasteiger partial charge in [0.05, 0.1) is 10.6 Å². The Morgan fingerprint density at radius 2 is 2.04 bits per heavy atom. The van der Waals surface area contributed by atoms with Gasteiger partial charge in [-0.1, -0.05) is 52.9 Å². The summed E-state index contributed by atoms with van der Waals surface area (Å²) in [6, 6.07) is 8.51. The smallest absolute Gasteiger partial charge is 0.389 e. The van der Waals surface area contributed by atoms with E-state index in [1.54, 1.807) is 43.5 Å². The van der Waals surface area contributed by atoms with Crippen LogP contribution in [0, 0.1) is 17.0 Å². The van der Waals surface area contributed by atoms with Gasteiger partial charge in [-0.15, -0.1) is 0 Å². The Hall–Kier alpha value is -2.49. The maximum absolute atomic E-state index is 12.2. The van der Waals surface area contributed by atoms with E-state index in [2.05, 4.69) is 9.97 Å². The van der Waals surface area contributed by atoms with Crippen molar-refractivity contribution in [2.45, 2.75) is 29.1 Å². The molecule has 1 aromatic carbocycles. The predicted molar refractivity (Wildman–Crippen MR) is 107 cm³/mol. The van der Waals surface area contributed by atoms with E-state index in [-0.39, 0.29) is 5.82 Å². The van der Waals surface area contributed by atoms with E-state index in [1.165, 1.54) is 6.20 Å². The third-order valence-electron chi connectivity index (χ3n) is 3.64. The first kappa shape index (κ1) is 20.2. The fraction of sp³-hybridized carbons (Fsp3) is 0.167. The number of rotatable bonds is 6. The number of aryl methyl sites for hydroxylation is 1. The lowest BCUT2D eigenvalue weighted by molar-refractivity contribution is -0.391. The fourth-order valence-electron chi connectivity index (χ4n) is 2.26. The number of aromatic nitrogens is 2. The van der Waals surface area contributed by atoms with Gasteiger partial charge in [0.1, 0.15) is 0 Å². The van der Waals surface area contributed by atoms with Crippen LogP contribution < -0.4 is 0 Å². The van der Waals surface area contributed by atoms with Gasteiger partial charge in [-0.25, -0.2) is 4.79 Å². The average molecular weight is 436 g/mol. The van der Waals surface area contributed by atoms with Gasteiger partial charge in [0.15, 0.2) is 10.3 Å². The lowest BCUT2D eigenvalue weighted by atomic mass is 10.2. The Kier molecular flexibility index (Phi) is 6.28. The zero-order valence-electron chi connectivity index (χ0n) is 14.8. The van der Waals surface area contributed by atoms with E-state index in [0.29, 0.717) is 24.7 Å². The molecule has 7 nitrogen and oxygen atoms in total. The number of hydrogen-bond donors (Lipinski definition) is 0. The zero-order valence-corrected chi connectivity index (χ0v) is 17.2. The molecule has 28 heavy (non-hydrogen) atoms. The molecule has 0 saturated carbocycles. The molecule has 3 rings (SSSR count). The van der Waals surface area contributed by atoms with Gasteiger partial charge in [-0.3, -0.25) is 4.98 Å². The molecule has 0 aliphatic heterocycles. The highest BCUT2D eigenvalue weighted by molar-refractivity contribution is 8.01. The van der Waals surface area contributed by atoms with Crippen LogP contribution in [0.2, 0.25) is 5.02 Å². The molecule has 3 aromatic rings. The highest BCUT2D eigenvalue weighted by Gasteiger charge is 2.29.